The molecule has 4 nitrogen and oxygen atoms in total. The topological polar surface area (TPSA) is 30.9 Å². The maximum Gasteiger partial charge on any atom is 0.194 e. The summed E-state index contributed by atoms with van der Waals surface area (Å²) in [6.45, 7) is 8.55. The fourth-order valence-corrected chi connectivity index (χ4v) is 3.16. The number of benzene rings is 1. The molecule has 1 aromatic carbocycles. The average molecular weight is 462 g/mol. The molecule has 1 atom stereocenters. The summed E-state index contributed by atoms with van der Waals surface area (Å²) in [5.74, 6) is 1.54. The summed E-state index contributed by atoms with van der Waals surface area (Å²) in [5, 5.41) is 3.39. The van der Waals surface area contributed by atoms with Gasteiger partial charge in [-0.15, -0.1) is 24.0 Å². The van der Waals surface area contributed by atoms with Crippen molar-refractivity contribution in [2.75, 3.05) is 33.7 Å². The van der Waals surface area contributed by atoms with E-state index < -0.39 is 0 Å². The minimum absolute atomic E-state index is 0. The lowest BCUT2D eigenvalue weighted by atomic mass is 10.0. The van der Waals surface area contributed by atoms with Crippen LogP contribution in [0.25, 0.3) is 0 Å². The number of halogens is 2. The average Bonchev–Trinajstić information content (AvgIpc) is 2.53. The molecule has 25 heavy (non-hydrogen) atoms. The summed E-state index contributed by atoms with van der Waals surface area (Å²) in [4.78, 5) is 9.11. The van der Waals surface area contributed by atoms with Crippen molar-refractivity contribution < 1.29 is 4.39 Å². The molecule has 0 aliphatic carbocycles. The summed E-state index contributed by atoms with van der Waals surface area (Å²) >= 11 is 0. The number of likely N-dealkylation sites (tertiary alicyclic amines) is 1. The van der Waals surface area contributed by atoms with Gasteiger partial charge in [0.1, 0.15) is 5.82 Å². The summed E-state index contributed by atoms with van der Waals surface area (Å²) < 4.78 is 13.9. The highest BCUT2D eigenvalue weighted by atomic mass is 127. The molecule has 0 aromatic heterocycles. The van der Waals surface area contributed by atoms with Crippen LogP contribution in [0.4, 0.5) is 4.39 Å². The van der Waals surface area contributed by atoms with Gasteiger partial charge in [-0.25, -0.2) is 9.38 Å². The second kappa shape index (κ2) is 11.0. The van der Waals surface area contributed by atoms with Crippen LogP contribution in [0.15, 0.2) is 23.2 Å². The highest BCUT2D eigenvalue weighted by Gasteiger charge is 2.19. The van der Waals surface area contributed by atoms with Crippen molar-refractivity contribution in [2.24, 2.45) is 10.9 Å². The van der Waals surface area contributed by atoms with E-state index in [9.17, 15) is 4.39 Å². The van der Waals surface area contributed by atoms with Crippen LogP contribution in [-0.4, -0.2) is 49.5 Å². The smallest absolute Gasteiger partial charge is 0.194 e. The lowest BCUT2D eigenvalue weighted by molar-refractivity contribution is 0.266. The normalized spacial score (nSPS) is 18.2. The minimum atomic E-state index is -0.145. The van der Waals surface area contributed by atoms with Gasteiger partial charge in [-0.3, -0.25) is 0 Å². The van der Waals surface area contributed by atoms with Crippen LogP contribution in [0.1, 0.15) is 37.8 Å². The zero-order valence-corrected chi connectivity index (χ0v) is 18.2. The molecule has 6 heteroatoms. The van der Waals surface area contributed by atoms with E-state index in [-0.39, 0.29) is 29.8 Å². The van der Waals surface area contributed by atoms with Crippen molar-refractivity contribution in [3.8, 4) is 0 Å². The van der Waals surface area contributed by atoms with Crippen molar-refractivity contribution in [1.82, 2.24) is 15.1 Å². The molecule has 1 N–H and O–H groups in total. The summed E-state index contributed by atoms with van der Waals surface area (Å²) in [5.41, 5.74) is 1.78. The summed E-state index contributed by atoms with van der Waals surface area (Å²) in [7, 11) is 3.90. The van der Waals surface area contributed by atoms with Crippen molar-refractivity contribution >= 4 is 29.9 Å². The van der Waals surface area contributed by atoms with E-state index in [1.54, 1.807) is 6.07 Å². The number of hydrogen-bond donors (Lipinski definition) is 1. The maximum absolute atomic E-state index is 13.9. The van der Waals surface area contributed by atoms with E-state index in [4.69, 9.17) is 4.99 Å². The van der Waals surface area contributed by atoms with Crippen LogP contribution in [0.2, 0.25) is 0 Å². The van der Waals surface area contributed by atoms with Crippen molar-refractivity contribution in [1.29, 1.82) is 0 Å². The monoisotopic (exact) mass is 462 g/mol. The van der Waals surface area contributed by atoms with Gasteiger partial charge in [0.15, 0.2) is 5.96 Å². The standard InChI is InChI=1S/C19H31FN4.HI/c1-5-21-19(24-10-6-7-15(2)13-24)22-12-16-8-9-18(20)17(11-16)14-23(3)4;/h8-9,11,15H,5-7,10,12-14H2,1-4H3,(H,21,22);1H. The van der Waals surface area contributed by atoms with Gasteiger partial charge in [0.05, 0.1) is 6.54 Å². The van der Waals surface area contributed by atoms with Crippen LogP contribution >= 0.6 is 24.0 Å². The number of guanidine groups is 1. The number of nitrogens with zero attached hydrogens (tertiary/aromatic N) is 3. The molecule has 1 saturated heterocycles. The Balaban J connectivity index is 0.00000312. The first-order chi connectivity index (χ1) is 11.5. The van der Waals surface area contributed by atoms with Gasteiger partial charge >= 0.3 is 0 Å². The first-order valence-corrected chi connectivity index (χ1v) is 8.95. The fraction of sp³-hybridized carbons (Fsp3) is 0.632. The largest absolute Gasteiger partial charge is 0.357 e. The molecule has 0 radical (unpaired) electrons. The SMILES string of the molecule is CCNC(=NCc1ccc(F)c(CN(C)C)c1)N1CCCC(C)C1.I. The molecule has 1 fully saturated rings. The summed E-state index contributed by atoms with van der Waals surface area (Å²) in [6.07, 6.45) is 2.51. The zero-order chi connectivity index (χ0) is 17.5. The van der Waals surface area contributed by atoms with Crippen LogP contribution in [0.3, 0.4) is 0 Å². The molecule has 0 amide bonds. The number of hydrogen-bond acceptors (Lipinski definition) is 2. The number of aliphatic imine (C=N–C) groups is 1. The first-order valence-electron chi connectivity index (χ1n) is 8.95. The van der Waals surface area contributed by atoms with Gasteiger partial charge in [-0.2, -0.15) is 0 Å². The Bertz CT molecular complexity index is 562. The number of nitrogens with one attached hydrogen (secondary N) is 1. The molecule has 1 aliphatic heterocycles. The molecule has 0 spiro atoms. The predicted molar refractivity (Wildman–Crippen MR) is 114 cm³/mol. The second-order valence-electron chi connectivity index (χ2n) is 7.03. The third kappa shape index (κ3) is 7.09. The Kier molecular flexibility index (Phi) is 9.71. The van der Waals surface area contributed by atoms with Gasteiger partial charge in [0, 0.05) is 31.7 Å². The highest BCUT2D eigenvalue weighted by molar-refractivity contribution is 14.0. The molecule has 0 saturated carbocycles. The Morgan fingerprint density at radius 3 is 2.80 bits per heavy atom. The number of rotatable bonds is 5. The molecule has 1 aliphatic rings. The molecule has 1 aromatic rings. The first kappa shape index (κ1) is 22.2. The highest BCUT2D eigenvalue weighted by Crippen LogP contribution is 2.16. The predicted octanol–water partition coefficient (Wildman–Crippen LogP) is 3.70. The lowest BCUT2D eigenvalue weighted by Crippen LogP contribution is -2.46. The van der Waals surface area contributed by atoms with Crippen molar-refractivity contribution in [3.63, 3.8) is 0 Å². The fourth-order valence-electron chi connectivity index (χ4n) is 3.16. The van der Waals surface area contributed by atoms with E-state index in [0.29, 0.717) is 19.0 Å². The van der Waals surface area contributed by atoms with Crippen LogP contribution in [0.5, 0.6) is 0 Å². The van der Waals surface area contributed by atoms with Gasteiger partial charge in [0.2, 0.25) is 0 Å². The van der Waals surface area contributed by atoms with E-state index in [0.717, 1.165) is 36.7 Å². The van der Waals surface area contributed by atoms with Gasteiger partial charge in [0.25, 0.3) is 0 Å². The zero-order valence-electron chi connectivity index (χ0n) is 15.9. The number of piperidine rings is 1. The Labute approximate surface area is 168 Å². The van der Waals surface area contributed by atoms with Gasteiger partial charge in [-0.1, -0.05) is 13.0 Å². The second-order valence-corrected chi connectivity index (χ2v) is 7.03. The third-order valence-corrected chi connectivity index (χ3v) is 4.30. The van der Waals surface area contributed by atoms with E-state index in [1.165, 1.54) is 12.8 Å². The maximum atomic E-state index is 13.9. The van der Waals surface area contributed by atoms with E-state index >= 15 is 0 Å². The minimum Gasteiger partial charge on any atom is -0.357 e. The summed E-state index contributed by atoms with van der Waals surface area (Å²) in [6, 6.07) is 5.32. The Morgan fingerprint density at radius 2 is 2.16 bits per heavy atom. The Morgan fingerprint density at radius 1 is 1.40 bits per heavy atom. The van der Waals surface area contributed by atoms with E-state index in [1.807, 2.05) is 31.1 Å². The quantitative estimate of drug-likeness (QED) is 0.412. The Hall–Kier alpha value is -0.890. The van der Waals surface area contributed by atoms with Crippen LogP contribution in [0, 0.1) is 11.7 Å². The van der Waals surface area contributed by atoms with Crippen molar-refractivity contribution in [3.05, 3.63) is 35.1 Å². The van der Waals surface area contributed by atoms with Gasteiger partial charge < -0.3 is 15.1 Å². The third-order valence-electron chi connectivity index (χ3n) is 4.30. The van der Waals surface area contributed by atoms with E-state index in [2.05, 4.69) is 24.1 Å². The molecular formula is C19H32FIN4. The molecule has 1 unspecified atom stereocenters. The van der Waals surface area contributed by atoms with Gasteiger partial charge in [-0.05, 0) is 57.5 Å². The molecule has 2 rings (SSSR count). The molecular weight excluding hydrogens is 430 g/mol. The molecule has 1 heterocycles. The van der Waals surface area contributed by atoms with Crippen LogP contribution in [-0.2, 0) is 13.1 Å². The van der Waals surface area contributed by atoms with Crippen molar-refractivity contribution in [2.45, 2.75) is 39.8 Å². The molecule has 142 valence electrons. The molecule has 0 bridgehead atoms. The lowest BCUT2D eigenvalue weighted by Gasteiger charge is -2.33. The van der Waals surface area contributed by atoms with Crippen LogP contribution < -0.4 is 5.32 Å².